The summed E-state index contributed by atoms with van der Waals surface area (Å²) in [6, 6.07) is 9.45. The molecule has 0 unspecified atom stereocenters. The van der Waals surface area contributed by atoms with Crippen molar-refractivity contribution >= 4 is 42.6 Å². The molecule has 0 bridgehead atoms. The largest absolute Gasteiger partial charge is 0.495 e. The molecule has 4 rings (SSSR count). The number of thiazole rings is 1. The van der Waals surface area contributed by atoms with E-state index in [-0.39, 0.29) is 4.90 Å². The third-order valence-electron chi connectivity index (χ3n) is 5.01. The van der Waals surface area contributed by atoms with Gasteiger partial charge >= 0.3 is 0 Å². The normalized spacial score (nSPS) is 14.5. The zero-order valence-corrected chi connectivity index (χ0v) is 18.7. The molecule has 31 heavy (non-hydrogen) atoms. The van der Waals surface area contributed by atoms with Crippen LogP contribution in [0, 0.1) is 0 Å². The lowest BCUT2D eigenvalue weighted by Crippen LogP contribution is -2.30. The monoisotopic (exact) mass is 462 g/mol. The second-order valence-corrected chi connectivity index (χ2v) is 9.82. The van der Waals surface area contributed by atoms with Gasteiger partial charge in [0.2, 0.25) is 15.2 Å². The maximum absolute atomic E-state index is 12.6. The van der Waals surface area contributed by atoms with Crippen molar-refractivity contribution in [1.29, 1.82) is 0 Å². The molecular weight excluding hydrogens is 440 g/mol. The van der Waals surface area contributed by atoms with E-state index in [2.05, 4.69) is 15.8 Å². The minimum atomic E-state index is -3.51. The molecule has 2 aromatic carbocycles. The summed E-state index contributed by atoms with van der Waals surface area (Å²) in [7, 11) is -0.379. The van der Waals surface area contributed by atoms with E-state index < -0.39 is 15.9 Å². The number of hydrazine groups is 1. The van der Waals surface area contributed by atoms with E-state index >= 15 is 0 Å². The summed E-state index contributed by atoms with van der Waals surface area (Å²) in [5.41, 5.74) is 6.33. The number of amides is 1. The Morgan fingerprint density at radius 1 is 1.03 bits per heavy atom. The van der Waals surface area contributed by atoms with Gasteiger partial charge in [-0.25, -0.2) is 13.4 Å². The van der Waals surface area contributed by atoms with Gasteiger partial charge in [-0.15, -0.1) is 0 Å². The molecule has 0 atom stereocenters. The van der Waals surface area contributed by atoms with Crippen molar-refractivity contribution in [2.45, 2.75) is 17.7 Å². The molecule has 1 aromatic heterocycles. The van der Waals surface area contributed by atoms with Crippen LogP contribution in [0.1, 0.15) is 23.2 Å². The standard InChI is InChI=1S/C20H22N4O5S2/c1-28-15-9-10-16(29-2)18-17(15)21-20(30-18)23-22-19(25)13-5-7-14(8-6-13)31(26,27)24-11-3-4-12-24/h5-10H,3-4,11-12H2,1-2H3,(H,21,23)(H,22,25). The second kappa shape index (κ2) is 8.69. The Bertz CT molecular complexity index is 1160. The van der Waals surface area contributed by atoms with Gasteiger partial charge in [-0.2, -0.15) is 4.31 Å². The van der Waals surface area contributed by atoms with E-state index in [1.54, 1.807) is 26.4 Å². The van der Waals surface area contributed by atoms with Crippen molar-refractivity contribution in [3.63, 3.8) is 0 Å². The summed E-state index contributed by atoms with van der Waals surface area (Å²) in [5.74, 6) is 0.840. The van der Waals surface area contributed by atoms with E-state index in [0.717, 1.165) is 17.5 Å². The number of carbonyl (C=O) groups excluding carboxylic acids is 1. The number of hydrogen-bond acceptors (Lipinski definition) is 8. The number of ether oxygens (including phenoxy) is 2. The van der Waals surface area contributed by atoms with Gasteiger partial charge in [0, 0.05) is 18.7 Å². The topological polar surface area (TPSA) is 110 Å². The number of benzene rings is 2. The third-order valence-corrected chi connectivity index (χ3v) is 7.91. The summed E-state index contributed by atoms with van der Waals surface area (Å²) in [6.07, 6.45) is 1.74. The van der Waals surface area contributed by atoms with Crippen LogP contribution in [0.2, 0.25) is 0 Å². The van der Waals surface area contributed by atoms with Crippen LogP contribution >= 0.6 is 11.3 Å². The smallest absolute Gasteiger partial charge is 0.269 e. The second-order valence-electron chi connectivity index (χ2n) is 6.88. The van der Waals surface area contributed by atoms with Crippen LogP contribution in [0.15, 0.2) is 41.3 Å². The van der Waals surface area contributed by atoms with E-state index in [1.807, 2.05) is 0 Å². The Morgan fingerprint density at radius 2 is 1.68 bits per heavy atom. The highest BCUT2D eigenvalue weighted by atomic mass is 32.2. The fourth-order valence-corrected chi connectivity index (χ4v) is 5.82. The van der Waals surface area contributed by atoms with Gasteiger partial charge in [-0.05, 0) is 49.2 Å². The third kappa shape index (κ3) is 4.16. The molecule has 1 fully saturated rings. The molecule has 0 radical (unpaired) electrons. The first kappa shape index (κ1) is 21.3. The quantitative estimate of drug-likeness (QED) is 0.520. The first-order valence-corrected chi connectivity index (χ1v) is 11.9. The summed E-state index contributed by atoms with van der Waals surface area (Å²) in [5, 5.41) is 0.458. The van der Waals surface area contributed by atoms with Gasteiger partial charge < -0.3 is 9.47 Å². The first-order chi connectivity index (χ1) is 14.9. The Hall–Kier alpha value is -2.89. The average Bonchev–Trinajstić information content (AvgIpc) is 3.47. The van der Waals surface area contributed by atoms with E-state index in [1.165, 1.54) is 39.9 Å². The van der Waals surface area contributed by atoms with Crippen molar-refractivity contribution in [1.82, 2.24) is 14.7 Å². The van der Waals surface area contributed by atoms with Gasteiger partial charge in [0.15, 0.2) is 0 Å². The van der Waals surface area contributed by atoms with Crippen LogP contribution in [0.4, 0.5) is 5.13 Å². The van der Waals surface area contributed by atoms with Crippen molar-refractivity contribution in [2.24, 2.45) is 0 Å². The zero-order valence-electron chi connectivity index (χ0n) is 17.0. The van der Waals surface area contributed by atoms with Crippen LogP contribution in [0.3, 0.4) is 0 Å². The highest BCUT2D eigenvalue weighted by Crippen LogP contribution is 2.38. The lowest BCUT2D eigenvalue weighted by Gasteiger charge is -2.15. The minimum absolute atomic E-state index is 0.185. The molecule has 2 heterocycles. The molecule has 3 aromatic rings. The van der Waals surface area contributed by atoms with Gasteiger partial charge in [-0.1, -0.05) is 11.3 Å². The van der Waals surface area contributed by atoms with E-state index in [0.29, 0.717) is 40.8 Å². The zero-order chi connectivity index (χ0) is 22.0. The Kier molecular flexibility index (Phi) is 5.99. The summed E-state index contributed by atoms with van der Waals surface area (Å²) < 4.78 is 38.2. The molecule has 1 aliphatic heterocycles. The number of anilines is 1. The number of nitrogens with zero attached hydrogens (tertiary/aromatic N) is 2. The maximum Gasteiger partial charge on any atom is 0.269 e. The highest BCUT2D eigenvalue weighted by Gasteiger charge is 2.27. The number of rotatable bonds is 7. The predicted octanol–water partition coefficient (Wildman–Crippen LogP) is 2.85. The number of nitrogens with one attached hydrogen (secondary N) is 2. The number of sulfonamides is 1. The first-order valence-electron chi connectivity index (χ1n) is 9.62. The number of fused-ring (bicyclic) bond motifs is 1. The average molecular weight is 463 g/mol. The van der Waals surface area contributed by atoms with Crippen molar-refractivity contribution in [2.75, 3.05) is 32.7 Å². The summed E-state index contributed by atoms with van der Waals surface area (Å²) >= 11 is 1.31. The summed E-state index contributed by atoms with van der Waals surface area (Å²) in [6.45, 7) is 1.07. The van der Waals surface area contributed by atoms with Crippen molar-refractivity contribution in [3.05, 3.63) is 42.0 Å². The van der Waals surface area contributed by atoms with Crippen molar-refractivity contribution < 1.29 is 22.7 Å². The lowest BCUT2D eigenvalue weighted by molar-refractivity contribution is 0.0962. The van der Waals surface area contributed by atoms with Crippen LogP contribution in [-0.4, -0.2) is 50.9 Å². The van der Waals surface area contributed by atoms with Crippen LogP contribution in [-0.2, 0) is 10.0 Å². The van der Waals surface area contributed by atoms with E-state index in [4.69, 9.17) is 9.47 Å². The molecular formula is C20H22N4O5S2. The minimum Gasteiger partial charge on any atom is -0.495 e. The van der Waals surface area contributed by atoms with Gasteiger partial charge in [-0.3, -0.25) is 15.6 Å². The number of aromatic nitrogens is 1. The van der Waals surface area contributed by atoms with Gasteiger partial charge in [0.25, 0.3) is 5.91 Å². The van der Waals surface area contributed by atoms with Crippen LogP contribution < -0.4 is 20.3 Å². The molecule has 1 amide bonds. The van der Waals surface area contributed by atoms with Gasteiger partial charge in [0.1, 0.15) is 21.7 Å². The Balaban J connectivity index is 1.46. The Morgan fingerprint density at radius 3 is 2.32 bits per heavy atom. The molecule has 1 aliphatic rings. The molecule has 2 N–H and O–H groups in total. The highest BCUT2D eigenvalue weighted by molar-refractivity contribution is 7.89. The molecule has 1 saturated heterocycles. The number of hydrogen-bond donors (Lipinski definition) is 2. The van der Waals surface area contributed by atoms with Gasteiger partial charge in [0.05, 0.1) is 19.1 Å². The Labute approximate surface area is 184 Å². The van der Waals surface area contributed by atoms with Crippen LogP contribution in [0.5, 0.6) is 11.5 Å². The summed E-state index contributed by atoms with van der Waals surface area (Å²) in [4.78, 5) is 17.1. The molecule has 164 valence electrons. The van der Waals surface area contributed by atoms with E-state index in [9.17, 15) is 13.2 Å². The molecule has 0 spiro atoms. The molecule has 9 nitrogen and oxygen atoms in total. The molecule has 0 saturated carbocycles. The fraction of sp³-hybridized carbons (Fsp3) is 0.300. The van der Waals surface area contributed by atoms with Crippen molar-refractivity contribution in [3.8, 4) is 11.5 Å². The fourth-order valence-electron chi connectivity index (χ4n) is 3.38. The lowest BCUT2D eigenvalue weighted by atomic mass is 10.2. The maximum atomic E-state index is 12.6. The van der Waals surface area contributed by atoms with Crippen LogP contribution in [0.25, 0.3) is 10.2 Å². The molecule has 11 heteroatoms. The molecule has 0 aliphatic carbocycles. The SMILES string of the molecule is COc1ccc(OC)c2sc(NNC(=O)c3ccc(S(=O)(=O)N4CCCC4)cc3)nc12. The predicted molar refractivity (Wildman–Crippen MR) is 118 cm³/mol. The number of carbonyl (C=O) groups is 1. The number of methoxy groups -OCH3 is 2.